The molecule has 0 fully saturated rings. The molecule has 2 aromatic carbocycles. The van der Waals surface area contributed by atoms with Crippen molar-refractivity contribution < 1.29 is 8.78 Å². The predicted octanol–water partition coefficient (Wildman–Crippen LogP) is 6.25. The number of nitrogens with zero attached hydrogens (tertiary/aromatic N) is 2. The van der Waals surface area contributed by atoms with Gasteiger partial charge in [-0.25, -0.2) is 8.78 Å². The summed E-state index contributed by atoms with van der Waals surface area (Å²) in [6, 6.07) is 16.9. The highest BCUT2D eigenvalue weighted by molar-refractivity contribution is 5.34. The molecular formula is C24H30F2N2. The first-order chi connectivity index (χ1) is 13.4. The standard InChI is InChI=1S/C24H30F2N2/c1-5-28(19(4)20-10-7-6-8-11-20)15-9-14-24(17-27,18(2)3)21-12-13-22(25)23(26)16-21/h6-8,10-13,16,18-19H,5,9,14-15H2,1-4H3. The van der Waals surface area contributed by atoms with Gasteiger partial charge in [-0.3, -0.25) is 4.90 Å². The smallest absolute Gasteiger partial charge is 0.159 e. The molecule has 2 aromatic rings. The normalized spacial score (nSPS) is 14.7. The molecule has 0 spiro atoms. The number of rotatable bonds is 9. The molecule has 0 aliphatic carbocycles. The van der Waals surface area contributed by atoms with Crippen LogP contribution in [0.4, 0.5) is 8.78 Å². The van der Waals surface area contributed by atoms with Crippen molar-refractivity contribution in [3.63, 3.8) is 0 Å². The second kappa shape index (κ2) is 9.80. The van der Waals surface area contributed by atoms with Gasteiger partial charge in [-0.15, -0.1) is 0 Å². The monoisotopic (exact) mass is 384 g/mol. The van der Waals surface area contributed by atoms with E-state index < -0.39 is 17.0 Å². The van der Waals surface area contributed by atoms with E-state index >= 15 is 0 Å². The fourth-order valence-corrected chi connectivity index (χ4v) is 3.92. The first kappa shape index (κ1) is 22.0. The Morgan fingerprint density at radius 3 is 2.25 bits per heavy atom. The first-order valence-corrected chi connectivity index (χ1v) is 10.0. The van der Waals surface area contributed by atoms with Gasteiger partial charge in [-0.05, 0) is 62.0 Å². The minimum absolute atomic E-state index is 0.0102. The van der Waals surface area contributed by atoms with E-state index in [9.17, 15) is 14.0 Å². The summed E-state index contributed by atoms with van der Waals surface area (Å²) in [5, 5.41) is 9.99. The van der Waals surface area contributed by atoms with E-state index in [-0.39, 0.29) is 12.0 Å². The van der Waals surface area contributed by atoms with Crippen LogP contribution in [0.5, 0.6) is 0 Å². The van der Waals surface area contributed by atoms with Crippen molar-refractivity contribution in [2.45, 2.75) is 52.0 Å². The molecular weight excluding hydrogens is 354 g/mol. The number of hydrogen-bond donors (Lipinski definition) is 0. The zero-order valence-corrected chi connectivity index (χ0v) is 17.3. The summed E-state index contributed by atoms with van der Waals surface area (Å²) in [6.07, 6.45) is 1.40. The Morgan fingerprint density at radius 2 is 1.71 bits per heavy atom. The van der Waals surface area contributed by atoms with E-state index in [1.54, 1.807) is 6.07 Å². The lowest BCUT2D eigenvalue weighted by Crippen LogP contribution is -2.34. The Labute approximate surface area is 167 Å². The average Bonchev–Trinajstić information content (AvgIpc) is 2.70. The highest BCUT2D eigenvalue weighted by Crippen LogP contribution is 2.37. The van der Waals surface area contributed by atoms with Crippen LogP contribution in [-0.2, 0) is 5.41 Å². The van der Waals surface area contributed by atoms with Gasteiger partial charge in [0.15, 0.2) is 11.6 Å². The molecule has 150 valence electrons. The molecule has 2 atom stereocenters. The van der Waals surface area contributed by atoms with Gasteiger partial charge in [0.05, 0.1) is 11.5 Å². The van der Waals surface area contributed by atoms with Crippen molar-refractivity contribution in [1.29, 1.82) is 5.26 Å². The van der Waals surface area contributed by atoms with Crippen molar-refractivity contribution in [2.24, 2.45) is 5.92 Å². The Bertz CT molecular complexity index is 798. The predicted molar refractivity (Wildman–Crippen MR) is 110 cm³/mol. The molecule has 0 bridgehead atoms. The second-order valence-electron chi connectivity index (χ2n) is 7.69. The summed E-state index contributed by atoms with van der Waals surface area (Å²) in [4.78, 5) is 2.38. The second-order valence-corrected chi connectivity index (χ2v) is 7.69. The van der Waals surface area contributed by atoms with Crippen molar-refractivity contribution in [3.8, 4) is 6.07 Å². The van der Waals surface area contributed by atoms with Gasteiger partial charge < -0.3 is 0 Å². The highest BCUT2D eigenvalue weighted by atomic mass is 19.2. The summed E-state index contributed by atoms with van der Waals surface area (Å²) < 4.78 is 27.2. The van der Waals surface area contributed by atoms with E-state index in [0.29, 0.717) is 12.0 Å². The van der Waals surface area contributed by atoms with Gasteiger partial charge in [0, 0.05) is 6.04 Å². The van der Waals surface area contributed by atoms with Crippen molar-refractivity contribution in [3.05, 3.63) is 71.3 Å². The fourth-order valence-electron chi connectivity index (χ4n) is 3.92. The Kier molecular flexibility index (Phi) is 7.71. The van der Waals surface area contributed by atoms with Gasteiger partial charge in [0.1, 0.15) is 0 Å². The van der Waals surface area contributed by atoms with Crippen LogP contribution in [0.25, 0.3) is 0 Å². The minimum atomic E-state index is -0.898. The number of hydrogen-bond acceptors (Lipinski definition) is 2. The molecule has 4 heteroatoms. The summed E-state index contributed by atoms with van der Waals surface area (Å²) in [5.41, 5.74) is 0.993. The Balaban J connectivity index is 2.15. The zero-order valence-electron chi connectivity index (χ0n) is 17.3. The largest absolute Gasteiger partial charge is 0.297 e. The van der Waals surface area contributed by atoms with Crippen LogP contribution >= 0.6 is 0 Å². The zero-order chi connectivity index (χ0) is 20.7. The molecule has 2 rings (SSSR count). The van der Waals surface area contributed by atoms with E-state index in [0.717, 1.165) is 25.6 Å². The third-order valence-electron chi connectivity index (χ3n) is 5.87. The van der Waals surface area contributed by atoms with Crippen molar-refractivity contribution in [2.75, 3.05) is 13.1 Å². The molecule has 0 radical (unpaired) electrons. The van der Waals surface area contributed by atoms with Crippen LogP contribution in [0.15, 0.2) is 48.5 Å². The molecule has 0 heterocycles. The van der Waals surface area contributed by atoms with Gasteiger partial charge in [0.2, 0.25) is 0 Å². The topological polar surface area (TPSA) is 27.0 Å². The van der Waals surface area contributed by atoms with Crippen molar-refractivity contribution in [1.82, 2.24) is 4.90 Å². The molecule has 28 heavy (non-hydrogen) atoms. The van der Waals surface area contributed by atoms with E-state index in [1.165, 1.54) is 11.6 Å². The maximum Gasteiger partial charge on any atom is 0.159 e. The van der Waals surface area contributed by atoms with E-state index in [4.69, 9.17) is 0 Å². The quantitative estimate of drug-likeness (QED) is 0.511. The summed E-state index contributed by atoms with van der Waals surface area (Å²) in [7, 11) is 0. The van der Waals surface area contributed by atoms with Gasteiger partial charge in [0.25, 0.3) is 0 Å². The van der Waals surface area contributed by atoms with Crippen LogP contribution < -0.4 is 0 Å². The molecule has 0 saturated heterocycles. The number of benzene rings is 2. The Hall–Kier alpha value is -2.25. The van der Waals surface area contributed by atoms with Gasteiger partial charge in [-0.2, -0.15) is 5.26 Å². The summed E-state index contributed by atoms with van der Waals surface area (Å²) in [6.45, 7) is 10.0. The molecule has 0 aromatic heterocycles. The van der Waals surface area contributed by atoms with Gasteiger partial charge in [-0.1, -0.05) is 57.2 Å². The molecule has 2 unspecified atom stereocenters. The molecule has 0 saturated carbocycles. The van der Waals surface area contributed by atoms with Crippen LogP contribution in [0.2, 0.25) is 0 Å². The third-order valence-corrected chi connectivity index (χ3v) is 5.87. The van der Waals surface area contributed by atoms with Crippen LogP contribution in [0, 0.1) is 28.9 Å². The van der Waals surface area contributed by atoms with E-state index in [1.807, 2.05) is 32.0 Å². The van der Waals surface area contributed by atoms with Crippen LogP contribution in [-0.4, -0.2) is 18.0 Å². The number of halogens is 2. The third kappa shape index (κ3) is 4.77. The molecule has 2 nitrogen and oxygen atoms in total. The lowest BCUT2D eigenvalue weighted by atomic mass is 9.70. The van der Waals surface area contributed by atoms with Crippen LogP contribution in [0.1, 0.15) is 57.7 Å². The maximum atomic E-state index is 13.8. The molecule has 0 amide bonds. The van der Waals surface area contributed by atoms with Crippen molar-refractivity contribution >= 4 is 0 Å². The molecule has 0 N–H and O–H groups in total. The fraction of sp³-hybridized carbons (Fsp3) is 0.458. The average molecular weight is 385 g/mol. The van der Waals surface area contributed by atoms with Crippen LogP contribution in [0.3, 0.4) is 0 Å². The highest BCUT2D eigenvalue weighted by Gasteiger charge is 2.36. The lowest BCUT2D eigenvalue weighted by Gasteiger charge is -2.33. The SMILES string of the molecule is CCN(CCCC(C#N)(c1ccc(F)c(F)c1)C(C)C)C(C)c1ccccc1. The summed E-state index contributed by atoms with van der Waals surface area (Å²) in [5.74, 6) is -1.79. The first-order valence-electron chi connectivity index (χ1n) is 10.0. The lowest BCUT2D eigenvalue weighted by molar-refractivity contribution is 0.207. The molecule has 0 aliphatic rings. The summed E-state index contributed by atoms with van der Waals surface area (Å²) >= 11 is 0. The van der Waals surface area contributed by atoms with Gasteiger partial charge >= 0.3 is 0 Å². The maximum absolute atomic E-state index is 13.8. The Morgan fingerprint density at radius 1 is 1.04 bits per heavy atom. The van der Waals surface area contributed by atoms with E-state index in [2.05, 4.69) is 36.9 Å². The number of nitriles is 1. The molecule has 0 aliphatic heterocycles. The minimum Gasteiger partial charge on any atom is -0.297 e.